The summed E-state index contributed by atoms with van der Waals surface area (Å²) in [5.41, 5.74) is 3.60. The van der Waals surface area contributed by atoms with Crippen LogP contribution in [0.25, 0.3) is 0 Å². The number of carboxylic acids is 1. The highest BCUT2D eigenvalue weighted by Crippen LogP contribution is 2.49. The maximum absolute atomic E-state index is 13.8. The van der Waals surface area contributed by atoms with Crippen LogP contribution in [0.2, 0.25) is 0 Å². The Morgan fingerprint density at radius 2 is 1.69 bits per heavy atom. The molecule has 5 rings (SSSR count). The van der Waals surface area contributed by atoms with Crippen molar-refractivity contribution < 1.29 is 29.1 Å². The van der Waals surface area contributed by atoms with Crippen molar-refractivity contribution in [1.29, 1.82) is 0 Å². The molecule has 3 atom stereocenters. The second-order valence-electron chi connectivity index (χ2n) is 8.68. The summed E-state index contributed by atoms with van der Waals surface area (Å²) in [5.74, 6) is -2.45. The molecule has 178 valence electrons. The normalized spacial score (nSPS) is 21.4. The van der Waals surface area contributed by atoms with E-state index in [9.17, 15) is 14.4 Å². The Kier molecular flexibility index (Phi) is 5.74. The molecule has 8 nitrogen and oxygen atoms in total. The number of benzene rings is 3. The van der Waals surface area contributed by atoms with Gasteiger partial charge in [0.1, 0.15) is 11.7 Å². The first-order chi connectivity index (χ1) is 16.9. The lowest BCUT2D eigenvalue weighted by atomic mass is 9.90. The van der Waals surface area contributed by atoms with Crippen LogP contribution in [0.15, 0.2) is 72.8 Å². The molecule has 8 heteroatoms. The molecule has 2 fully saturated rings. The Balaban J connectivity index is 1.60. The largest absolute Gasteiger partial charge is 0.482 e. The molecule has 2 aliphatic rings. The van der Waals surface area contributed by atoms with E-state index in [1.165, 1.54) is 4.90 Å². The van der Waals surface area contributed by atoms with E-state index in [-0.39, 0.29) is 5.91 Å². The number of anilines is 2. The molecular formula is C27H24N2O6. The number of carboxylic acid groups (broad SMARTS) is 1. The van der Waals surface area contributed by atoms with Gasteiger partial charge in [-0.15, -0.1) is 0 Å². The van der Waals surface area contributed by atoms with Gasteiger partial charge in [0.2, 0.25) is 5.91 Å². The predicted octanol–water partition coefficient (Wildman–Crippen LogP) is 3.82. The van der Waals surface area contributed by atoms with Crippen LogP contribution >= 0.6 is 0 Å². The number of ether oxygens (including phenoxy) is 1. The molecule has 2 heterocycles. The van der Waals surface area contributed by atoms with Gasteiger partial charge in [-0.25, -0.2) is 14.8 Å². The number of fused-ring (bicyclic) bond motifs is 1. The van der Waals surface area contributed by atoms with Crippen molar-refractivity contribution in [2.24, 2.45) is 5.92 Å². The molecular weight excluding hydrogens is 448 g/mol. The SMILES string of the molecule is Cc1ccc(N2C(=O)[C@@H]3[C@H](ON(c4ccccc4)[C@H]3c3ccccc3OCC(=O)O)C2=O)c(C)c1. The lowest BCUT2D eigenvalue weighted by molar-refractivity contribution is -0.139. The zero-order chi connectivity index (χ0) is 24.7. The molecule has 3 aromatic rings. The summed E-state index contributed by atoms with van der Waals surface area (Å²) in [4.78, 5) is 45.9. The average Bonchev–Trinajstić information content (AvgIpc) is 3.35. The van der Waals surface area contributed by atoms with E-state index in [4.69, 9.17) is 14.7 Å². The van der Waals surface area contributed by atoms with E-state index in [1.54, 1.807) is 35.4 Å². The fraction of sp³-hybridized carbons (Fsp3) is 0.222. The fourth-order valence-corrected chi connectivity index (χ4v) is 4.82. The van der Waals surface area contributed by atoms with Gasteiger partial charge < -0.3 is 9.84 Å². The molecule has 35 heavy (non-hydrogen) atoms. The topological polar surface area (TPSA) is 96.4 Å². The van der Waals surface area contributed by atoms with Gasteiger partial charge in [0.05, 0.1) is 17.4 Å². The molecule has 0 radical (unpaired) electrons. The van der Waals surface area contributed by atoms with Crippen LogP contribution in [0.5, 0.6) is 5.75 Å². The van der Waals surface area contributed by atoms with Crippen molar-refractivity contribution in [3.05, 3.63) is 89.5 Å². The maximum atomic E-state index is 13.8. The minimum absolute atomic E-state index is 0.315. The lowest BCUT2D eigenvalue weighted by Gasteiger charge is -2.30. The van der Waals surface area contributed by atoms with Crippen LogP contribution in [0.1, 0.15) is 22.7 Å². The first-order valence-electron chi connectivity index (χ1n) is 11.3. The van der Waals surface area contributed by atoms with Crippen LogP contribution in [-0.2, 0) is 19.2 Å². The number of carbonyl (C=O) groups is 3. The zero-order valence-corrected chi connectivity index (χ0v) is 19.3. The minimum atomic E-state index is -1.12. The molecule has 0 bridgehead atoms. The average molecular weight is 472 g/mol. The van der Waals surface area contributed by atoms with Gasteiger partial charge in [0.25, 0.3) is 5.91 Å². The Morgan fingerprint density at radius 1 is 0.971 bits per heavy atom. The number of carbonyl (C=O) groups excluding carboxylic acids is 2. The fourth-order valence-electron chi connectivity index (χ4n) is 4.82. The Morgan fingerprint density at radius 3 is 2.40 bits per heavy atom. The second kappa shape index (κ2) is 8.88. The first kappa shape index (κ1) is 22.6. The van der Waals surface area contributed by atoms with Gasteiger partial charge in [-0.2, -0.15) is 0 Å². The van der Waals surface area contributed by atoms with Crippen molar-refractivity contribution in [2.45, 2.75) is 26.0 Å². The molecule has 0 unspecified atom stereocenters. The second-order valence-corrected chi connectivity index (χ2v) is 8.68. The minimum Gasteiger partial charge on any atom is -0.482 e. The highest BCUT2D eigenvalue weighted by Gasteiger charge is 2.60. The summed E-state index contributed by atoms with van der Waals surface area (Å²) in [6.07, 6.45) is -1.03. The number of imide groups is 1. The molecule has 3 aromatic carbocycles. The zero-order valence-electron chi connectivity index (χ0n) is 19.3. The van der Waals surface area contributed by atoms with Crippen LogP contribution in [0.4, 0.5) is 11.4 Å². The van der Waals surface area contributed by atoms with Crippen LogP contribution in [0, 0.1) is 19.8 Å². The highest BCUT2D eigenvalue weighted by molar-refractivity contribution is 6.24. The predicted molar refractivity (Wildman–Crippen MR) is 128 cm³/mol. The van der Waals surface area contributed by atoms with E-state index >= 15 is 0 Å². The van der Waals surface area contributed by atoms with Crippen molar-refractivity contribution in [3.8, 4) is 5.75 Å². The van der Waals surface area contributed by atoms with E-state index in [2.05, 4.69) is 0 Å². The molecule has 0 aromatic heterocycles. The first-order valence-corrected chi connectivity index (χ1v) is 11.3. The van der Waals surface area contributed by atoms with Gasteiger partial charge in [0, 0.05) is 5.56 Å². The van der Waals surface area contributed by atoms with Crippen molar-refractivity contribution in [2.75, 3.05) is 16.6 Å². The van der Waals surface area contributed by atoms with E-state index in [1.807, 2.05) is 56.3 Å². The molecule has 0 spiro atoms. The number of hydrogen-bond donors (Lipinski definition) is 1. The summed E-state index contributed by atoms with van der Waals surface area (Å²) < 4.78 is 5.56. The number of aliphatic carboxylic acids is 1. The Labute approximate surface area is 202 Å². The quantitative estimate of drug-likeness (QED) is 0.545. The monoisotopic (exact) mass is 472 g/mol. The number of nitrogens with zero attached hydrogens (tertiary/aromatic N) is 2. The van der Waals surface area contributed by atoms with Crippen LogP contribution in [-0.4, -0.2) is 35.6 Å². The van der Waals surface area contributed by atoms with Gasteiger partial charge in [-0.05, 0) is 43.7 Å². The third kappa shape index (κ3) is 3.91. The molecule has 1 N–H and O–H groups in total. The van der Waals surface area contributed by atoms with Crippen LogP contribution < -0.4 is 14.7 Å². The third-order valence-corrected chi connectivity index (χ3v) is 6.31. The smallest absolute Gasteiger partial charge is 0.341 e. The summed E-state index contributed by atoms with van der Waals surface area (Å²) in [6.45, 7) is 3.27. The van der Waals surface area contributed by atoms with Gasteiger partial charge in [-0.3, -0.25) is 14.4 Å². The van der Waals surface area contributed by atoms with Crippen molar-refractivity contribution in [1.82, 2.24) is 0 Å². The van der Waals surface area contributed by atoms with Gasteiger partial charge in [0.15, 0.2) is 12.7 Å². The number of hydrogen-bond acceptors (Lipinski definition) is 6. The summed E-state index contributed by atoms with van der Waals surface area (Å²) in [6, 6.07) is 21.0. The Hall–Kier alpha value is -4.17. The van der Waals surface area contributed by atoms with Crippen LogP contribution in [0.3, 0.4) is 0 Å². The van der Waals surface area contributed by atoms with Crippen molar-refractivity contribution >= 4 is 29.2 Å². The number of hydroxylamine groups is 1. The number of para-hydroxylation sites is 2. The Bertz CT molecular complexity index is 1310. The number of aryl methyl sites for hydroxylation is 2. The summed E-state index contributed by atoms with van der Waals surface area (Å²) in [7, 11) is 0. The van der Waals surface area contributed by atoms with E-state index in [0.717, 1.165) is 11.1 Å². The number of amides is 2. The van der Waals surface area contributed by atoms with E-state index in [0.29, 0.717) is 22.7 Å². The van der Waals surface area contributed by atoms with Gasteiger partial charge >= 0.3 is 5.97 Å². The van der Waals surface area contributed by atoms with Crippen molar-refractivity contribution in [3.63, 3.8) is 0 Å². The highest BCUT2D eigenvalue weighted by atomic mass is 16.7. The summed E-state index contributed by atoms with van der Waals surface area (Å²) >= 11 is 0. The lowest BCUT2D eigenvalue weighted by Crippen LogP contribution is -2.37. The molecule has 2 aliphatic heterocycles. The van der Waals surface area contributed by atoms with Gasteiger partial charge in [-0.1, -0.05) is 54.1 Å². The van der Waals surface area contributed by atoms with E-state index < -0.39 is 36.5 Å². The summed E-state index contributed by atoms with van der Waals surface area (Å²) in [5, 5.41) is 10.7. The molecule has 0 saturated carbocycles. The molecule has 0 aliphatic carbocycles. The molecule has 2 amide bonds. The number of rotatable bonds is 6. The third-order valence-electron chi connectivity index (χ3n) is 6.31. The standard InChI is InChI=1S/C27H24N2O6/c1-16-12-13-20(17(2)14-16)28-26(32)23-24(19-10-6-7-11-21(19)34-15-22(30)31)29(35-25(23)27(28)33)18-8-4-3-5-9-18/h3-14,23-25H,15H2,1-2H3,(H,30,31)/t23-,24-,25-/m0/s1. The maximum Gasteiger partial charge on any atom is 0.341 e. The molecule has 2 saturated heterocycles.